The summed E-state index contributed by atoms with van der Waals surface area (Å²) in [6.07, 6.45) is 3.87. The standard InChI is InChI=1S/C28H44O2Si2/c1-10-17-24(30-31(8,9)27(2,3)4)22-23-29-32(28(5,6)7,25-18-13-11-14-19-25)26-20-15-12-16-21-26/h10-16,18-21,24H,1,17,22-23H2,2-9H3. The molecule has 0 amide bonds. The van der Waals surface area contributed by atoms with Gasteiger partial charge in [0.25, 0.3) is 8.32 Å². The topological polar surface area (TPSA) is 18.5 Å². The maximum Gasteiger partial charge on any atom is 0.261 e. The van der Waals surface area contributed by atoms with Crippen LogP contribution in [-0.4, -0.2) is 29.3 Å². The number of rotatable bonds is 10. The second kappa shape index (κ2) is 10.6. The lowest BCUT2D eigenvalue weighted by molar-refractivity contribution is 0.145. The van der Waals surface area contributed by atoms with Gasteiger partial charge in [0.1, 0.15) is 0 Å². The average molecular weight is 469 g/mol. The number of benzene rings is 2. The van der Waals surface area contributed by atoms with Crippen LogP contribution in [0.4, 0.5) is 0 Å². The van der Waals surface area contributed by atoms with E-state index in [-0.39, 0.29) is 16.2 Å². The lowest BCUT2D eigenvalue weighted by Gasteiger charge is -2.43. The Morgan fingerprint density at radius 1 is 0.812 bits per heavy atom. The molecule has 0 aliphatic heterocycles. The largest absolute Gasteiger partial charge is 0.414 e. The van der Waals surface area contributed by atoms with Gasteiger partial charge in [0, 0.05) is 6.61 Å². The Labute approximate surface area is 199 Å². The van der Waals surface area contributed by atoms with Crippen LogP contribution in [0.1, 0.15) is 54.4 Å². The van der Waals surface area contributed by atoms with E-state index >= 15 is 0 Å². The summed E-state index contributed by atoms with van der Waals surface area (Å²) >= 11 is 0. The fourth-order valence-corrected chi connectivity index (χ4v) is 10.1. The third kappa shape index (κ3) is 6.10. The highest BCUT2D eigenvalue weighted by Gasteiger charge is 2.50. The minimum absolute atomic E-state index is 0.00999. The third-order valence-corrected chi connectivity index (χ3v) is 16.4. The molecule has 2 nitrogen and oxygen atoms in total. The summed E-state index contributed by atoms with van der Waals surface area (Å²) in [7, 11) is -4.36. The van der Waals surface area contributed by atoms with Crippen molar-refractivity contribution in [3.8, 4) is 0 Å². The molecule has 0 aliphatic rings. The van der Waals surface area contributed by atoms with Crippen molar-refractivity contribution in [3.05, 3.63) is 73.3 Å². The molecule has 0 saturated heterocycles. The fraction of sp³-hybridized carbons (Fsp3) is 0.500. The molecule has 2 aromatic carbocycles. The average Bonchev–Trinajstić information content (AvgIpc) is 2.70. The molecule has 0 radical (unpaired) electrons. The minimum Gasteiger partial charge on any atom is -0.414 e. The first-order valence-corrected chi connectivity index (χ1v) is 16.7. The van der Waals surface area contributed by atoms with Gasteiger partial charge >= 0.3 is 0 Å². The van der Waals surface area contributed by atoms with Gasteiger partial charge in [-0.05, 0) is 46.4 Å². The number of hydrogen-bond donors (Lipinski definition) is 0. The predicted molar refractivity (Wildman–Crippen MR) is 145 cm³/mol. The Kier molecular flexibility index (Phi) is 8.91. The molecule has 0 N–H and O–H groups in total. The van der Waals surface area contributed by atoms with E-state index < -0.39 is 16.6 Å². The molecule has 0 fully saturated rings. The Morgan fingerprint density at radius 3 is 1.66 bits per heavy atom. The molecular formula is C28H44O2Si2. The maximum atomic E-state index is 7.08. The van der Waals surface area contributed by atoms with Crippen molar-refractivity contribution in [2.75, 3.05) is 6.61 Å². The monoisotopic (exact) mass is 468 g/mol. The van der Waals surface area contributed by atoms with Gasteiger partial charge in [-0.3, -0.25) is 0 Å². The van der Waals surface area contributed by atoms with E-state index in [1.165, 1.54) is 10.4 Å². The Hall–Kier alpha value is -1.47. The van der Waals surface area contributed by atoms with Crippen LogP contribution in [0.3, 0.4) is 0 Å². The normalized spacial score (nSPS) is 14.2. The van der Waals surface area contributed by atoms with Crippen LogP contribution in [0, 0.1) is 0 Å². The zero-order chi connectivity index (χ0) is 24.0. The van der Waals surface area contributed by atoms with Crippen molar-refractivity contribution >= 4 is 27.0 Å². The summed E-state index contributed by atoms with van der Waals surface area (Å²) in [5.74, 6) is 0. The Balaban J connectivity index is 2.35. The molecule has 0 saturated carbocycles. The third-order valence-electron chi connectivity index (χ3n) is 6.87. The molecule has 2 aromatic rings. The van der Waals surface area contributed by atoms with Gasteiger partial charge < -0.3 is 8.85 Å². The summed E-state index contributed by atoms with van der Waals surface area (Å²) in [5.41, 5.74) is 0. The molecule has 176 valence electrons. The van der Waals surface area contributed by atoms with Gasteiger partial charge in [0.05, 0.1) is 6.10 Å². The lowest BCUT2D eigenvalue weighted by Crippen LogP contribution is -2.66. The minimum atomic E-state index is -2.50. The van der Waals surface area contributed by atoms with Crippen molar-refractivity contribution in [1.82, 2.24) is 0 Å². The molecule has 0 spiro atoms. The number of hydrogen-bond acceptors (Lipinski definition) is 2. The van der Waals surface area contributed by atoms with E-state index in [2.05, 4.69) is 122 Å². The van der Waals surface area contributed by atoms with Gasteiger partial charge in [-0.1, -0.05) is 108 Å². The summed E-state index contributed by atoms with van der Waals surface area (Å²) < 4.78 is 13.8. The van der Waals surface area contributed by atoms with Crippen LogP contribution in [-0.2, 0) is 8.85 Å². The highest BCUT2D eigenvalue weighted by molar-refractivity contribution is 6.99. The molecule has 0 bridgehead atoms. The first-order valence-electron chi connectivity index (χ1n) is 11.9. The molecule has 0 aliphatic carbocycles. The molecule has 4 heteroatoms. The summed E-state index contributed by atoms with van der Waals surface area (Å²) in [6, 6.07) is 21.7. The molecule has 0 aromatic heterocycles. The molecule has 0 heterocycles. The van der Waals surface area contributed by atoms with E-state index in [0.717, 1.165) is 12.8 Å². The summed E-state index contributed by atoms with van der Waals surface area (Å²) in [6.45, 7) is 23.2. The van der Waals surface area contributed by atoms with Crippen LogP contribution in [0.2, 0.25) is 23.2 Å². The van der Waals surface area contributed by atoms with Crippen molar-refractivity contribution in [2.45, 2.75) is 83.7 Å². The second-order valence-corrected chi connectivity index (χ2v) is 20.4. The van der Waals surface area contributed by atoms with E-state index in [0.29, 0.717) is 6.61 Å². The van der Waals surface area contributed by atoms with E-state index in [9.17, 15) is 0 Å². The van der Waals surface area contributed by atoms with E-state index in [1.807, 2.05) is 6.08 Å². The smallest absolute Gasteiger partial charge is 0.261 e. The van der Waals surface area contributed by atoms with Crippen molar-refractivity contribution in [3.63, 3.8) is 0 Å². The van der Waals surface area contributed by atoms with E-state index in [4.69, 9.17) is 8.85 Å². The molecule has 32 heavy (non-hydrogen) atoms. The summed E-state index contributed by atoms with van der Waals surface area (Å²) in [5, 5.41) is 2.82. The molecule has 2 rings (SSSR count). The zero-order valence-electron chi connectivity index (χ0n) is 21.6. The van der Waals surface area contributed by atoms with Crippen LogP contribution in [0.25, 0.3) is 0 Å². The van der Waals surface area contributed by atoms with Gasteiger partial charge in [-0.15, -0.1) is 6.58 Å². The van der Waals surface area contributed by atoms with Crippen LogP contribution in [0.15, 0.2) is 73.3 Å². The fourth-order valence-electron chi connectivity index (χ4n) is 4.11. The lowest BCUT2D eigenvalue weighted by atomic mass is 10.2. The van der Waals surface area contributed by atoms with Crippen LogP contribution in [0.5, 0.6) is 0 Å². The van der Waals surface area contributed by atoms with Gasteiger partial charge in [-0.2, -0.15) is 0 Å². The molecule has 1 unspecified atom stereocenters. The van der Waals surface area contributed by atoms with Crippen molar-refractivity contribution in [2.24, 2.45) is 0 Å². The Bertz CT molecular complexity index is 794. The highest BCUT2D eigenvalue weighted by atomic mass is 28.4. The SMILES string of the molecule is C=CCC(CCO[Si](c1ccccc1)(c1ccccc1)C(C)(C)C)O[Si](C)(C)C(C)(C)C. The first-order chi connectivity index (χ1) is 14.8. The van der Waals surface area contributed by atoms with Gasteiger partial charge in [0.2, 0.25) is 0 Å². The van der Waals surface area contributed by atoms with E-state index in [1.54, 1.807) is 0 Å². The summed E-state index contributed by atoms with van der Waals surface area (Å²) in [4.78, 5) is 0. The Morgan fingerprint density at radius 2 is 1.28 bits per heavy atom. The zero-order valence-corrected chi connectivity index (χ0v) is 23.6. The second-order valence-electron chi connectivity index (χ2n) is 11.3. The first kappa shape index (κ1) is 26.8. The quantitative estimate of drug-likeness (QED) is 0.278. The van der Waals surface area contributed by atoms with Crippen molar-refractivity contribution < 1.29 is 8.85 Å². The molecule has 1 atom stereocenters. The highest BCUT2D eigenvalue weighted by Crippen LogP contribution is 2.39. The van der Waals surface area contributed by atoms with Crippen molar-refractivity contribution in [1.29, 1.82) is 0 Å². The molecular weight excluding hydrogens is 424 g/mol. The van der Waals surface area contributed by atoms with Gasteiger partial charge in [0.15, 0.2) is 8.32 Å². The maximum absolute atomic E-state index is 7.08. The van der Waals surface area contributed by atoms with Crippen LogP contribution < -0.4 is 10.4 Å². The predicted octanol–water partition coefficient (Wildman–Crippen LogP) is 6.92. The van der Waals surface area contributed by atoms with Gasteiger partial charge in [-0.25, -0.2) is 0 Å². The van der Waals surface area contributed by atoms with Crippen LogP contribution >= 0.6 is 0 Å².